The fourth-order valence-corrected chi connectivity index (χ4v) is 2.09. The van der Waals surface area contributed by atoms with E-state index in [4.69, 9.17) is 19.0 Å². The first-order valence-electron chi connectivity index (χ1n) is 6.13. The van der Waals surface area contributed by atoms with Crippen LogP contribution in [0.25, 0.3) is 11.1 Å². The summed E-state index contributed by atoms with van der Waals surface area (Å²) in [7, 11) is 0. The number of benzene rings is 1. The van der Waals surface area contributed by atoms with Gasteiger partial charge in [0, 0.05) is 0 Å². The van der Waals surface area contributed by atoms with Gasteiger partial charge in [-0.3, -0.25) is 4.57 Å². The number of aliphatic hydroxyl groups is 1. The molecule has 2 aromatic heterocycles. The van der Waals surface area contributed by atoms with Crippen molar-refractivity contribution in [2.75, 3.05) is 0 Å². The van der Waals surface area contributed by atoms with Gasteiger partial charge in [0.2, 0.25) is 5.76 Å². The van der Waals surface area contributed by atoms with Crippen LogP contribution in [-0.4, -0.2) is 20.7 Å². The van der Waals surface area contributed by atoms with Gasteiger partial charge in [0.15, 0.2) is 5.58 Å². The number of nitrogens with zero attached hydrogens (tertiary/aromatic N) is 1. The van der Waals surface area contributed by atoms with Crippen molar-refractivity contribution in [2.24, 2.45) is 0 Å². The smallest absolute Gasteiger partial charge is 0.420 e. The van der Waals surface area contributed by atoms with Crippen molar-refractivity contribution in [1.29, 1.82) is 0 Å². The molecule has 0 saturated heterocycles. The maximum atomic E-state index is 11.9. The summed E-state index contributed by atoms with van der Waals surface area (Å²) in [5.74, 6) is -1.59. The lowest BCUT2D eigenvalue weighted by Gasteiger charge is -2.00. The second-order valence-corrected chi connectivity index (χ2v) is 4.49. The van der Waals surface area contributed by atoms with Crippen molar-refractivity contribution in [1.82, 2.24) is 4.57 Å². The Morgan fingerprint density at radius 3 is 2.67 bits per heavy atom. The van der Waals surface area contributed by atoms with Gasteiger partial charge in [0.1, 0.15) is 5.76 Å². The van der Waals surface area contributed by atoms with Gasteiger partial charge in [0.05, 0.1) is 18.7 Å². The average Bonchev–Trinajstić information content (AvgIpc) is 3.04. The molecule has 21 heavy (non-hydrogen) atoms. The Labute approximate surface area is 117 Å². The van der Waals surface area contributed by atoms with Gasteiger partial charge >= 0.3 is 11.7 Å². The third-order valence-corrected chi connectivity index (χ3v) is 3.10. The van der Waals surface area contributed by atoms with E-state index in [2.05, 4.69) is 0 Å². The minimum absolute atomic E-state index is 0.0670. The van der Waals surface area contributed by atoms with E-state index in [1.54, 1.807) is 18.2 Å². The lowest BCUT2D eigenvalue weighted by Crippen LogP contribution is -2.14. The molecule has 0 aliphatic rings. The highest BCUT2D eigenvalue weighted by molar-refractivity contribution is 5.84. The third kappa shape index (κ3) is 2.34. The Hall–Kier alpha value is -2.80. The highest BCUT2D eigenvalue weighted by atomic mass is 16.4. The summed E-state index contributed by atoms with van der Waals surface area (Å²) >= 11 is 0. The Morgan fingerprint density at radius 2 is 2.00 bits per heavy atom. The maximum Gasteiger partial charge on any atom is 0.420 e. The predicted molar refractivity (Wildman–Crippen MR) is 71.2 cm³/mol. The standard InChI is InChI=1S/C14H11NO6/c16-7-8-1-3-10-12(5-8)21-14(19)15(10)6-9-2-4-11(20-9)13(17)18/h1-5,16H,6-7H2,(H,17,18). The van der Waals surface area contributed by atoms with E-state index in [1.165, 1.54) is 16.7 Å². The van der Waals surface area contributed by atoms with Gasteiger partial charge in [-0.25, -0.2) is 9.59 Å². The maximum absolute atomic E-state index is 11.9. The molecule has 108 valence electrons. The molecule has 0 spiro atoms. The van der Waals surface area contributed by atoms with Crippen LogP contribution in [0.2, 0.25) is 0 Å². The minimum Gasteiger partial charge on any atom is -0.475 e. The van der Waals surface area contributed by atoms with Crippen molar-refractivity contribution in [3.8, 4) is 0 Å². The van der Waals surface area contributed by atoms with E-state index in [-0.39, 0.29) is 18.9 Å². The number of hydrogen-bond acceptors (Lipinski definition) is 5. The average molecular weight is 289 g/mol. The normalized spacial score (nSPS) is 11.1. The largest absolute Gasteiger partial charge is 0.475 e. The number of furan rings is 1. The lowest BCUT2D eigenvalue weighted by atomic mass is 10.2. The molecule has 0 saturated carbocycles. The van der Waals surface area contributed by atoms with Crippen molar-refractivity contribution >= 4 is 17.1 Å². The molecule has 0 bridgehead atoms. The number of carboxylic acid groups (broad SMARTS) is 1. The van der Waals surface area contributed by atoms with Gasteiger partial charge < -0.3 is 19.0 Å². The number of aliphatic hydroxyl groups excluding tert-OH is 1. The van der Waals surface area contributed by atoms with E-state index >= 15 is 0 Å². The summed E-state index contributed by atoms with van der Waals surface area (Å²) in [5.41, 5.74) is 1.54. The van der Waals surface area contributed by atoms with Gasteiger partial charge in [-0.2, -0.15) is 0 Å². The summed E-state index contributed by atoms with van der Waals surface area (Å²) in [6.07, 6.45) is 0. The van der Waals surface area contributed by atoms with E-state index in [1.807, 2.05) is 0 Å². The molecule has 0 aliphatic heterocycles. The van der Waals surface area contributed by atoms with Crippen LogP contribution in [0.1, 0.15) is 21.9 Å². The van der Waals surface area contributed by atoms with Gasteiger partial charge in [0.25, 0.3) is 0 Å². The Bertz CT molecular complexity index is 869. The highest BCUT2D eigenvalue weighted by Crippen LogP contribution is 2.17. The zero-order valence-electron chi connectivity index (χ0n) is 10.8. The molecule has 1 aromatic carbocycles. The van der Waals surface area contributed by atoms with Gasteiger partial charge in [-0.1, -0.05) is 6.07 Å². The van der Waals surface area contributed by atoms with Crippen LogP contribution >= 0.6 is 0 Å². The van der Waals surface area contributed by atoms with E-state index in [0.29, 0.717) is 22.4 Å². The topological polar surface area (TPSA) is 106 Å². The summed E-state index contributed by atoms with van der Waals surface area (Å²) in [6, 6.07) is 7.75. The number of hydrogen-bond donors (Lipinski definition) is 2. The van der Waals surface area contributed by atoms with E-state index in [9.17, 15) is 9.59 Å². The van der Waals surface area contributed by atoms with E-state index in [0.717, 1.165) is 0 Å². The number of aromatic carboxylic acids is 1. The molecule has 0 amide bonds. The fraction of sp³-hybridized carbons (Fsp3) is 0.143. The van der Waals surface area contributed by atoms with Crippen molar-refractivity contribution in [3.05, 3.63) is 58.0 Å². The molecule has 0 radical (unpaired) electrons. The van der Waals surface area contributed by atoms with Crippen LogP contribution in [0, 0.1) is 0 Å². The van der Waals surface area contributed by atoms with Crippen molar-refractivity contribution in [3.63, 3.8) is 0 Å². The van der Waals surface area contributed by atoms with Crippen molar-refractivity contribution < 1.29 is 23.8 Å². The second-order valence-electron chi connectivity index (χ2n) is 4.49. The molecule has 7 heteroatoms. The zero-order chi connectivity index (χ0) is 15.0. The highest BCUT2D eigenvalue weighted by Gasteiger charge is 2.14. The first kappa shape index (κ1) is 13.2. The Morgan fingerprint density at radius 1 is 1.19 bits per heavy atom. The van der Waals surface area contributed by atoms with Crippen LogP contribution in [0.15, 0.2) is 44.0 Å². The molecule has 3 aromatic rings. The monoisotopic (exact) mass is 289 g/mol. The molecule has 0 aliphatic carbocycles. The number of oxazole rings is 1. The minimum atomic E-state index is -1.17. The molecule has 0 atom stereocenters. The van der Waals surface area contributed by atoms with Crippen LogP contribution in [0.4, 0.5) is 0 Å². The molecule has 2 heterocycles. The quantitative estimate of drug-likeness (QED) is 0.752. The summed E-state index contributed by atoms with van der Waals surface area (Å²) in [6.45, 7) is -0.0808. The summed E-state index contributed by atoms with van der Waals surface area (Å²) in [5, 5.41) is 17.9. The second kappa shape index (κ2) is 4.95. The number of carbonyl (C=O) groups is 1. The first-order valence-corrected chi connectivity index (χ1v) is 6.13. The molecule has 3 rings (SSSR count). The van der Waals surface area contributed by atoms with Crippen LogP contribution in [-0.2, 0) is 13.2 Å². The van der Waals surface area contributed by atoms with Crippen molar-refractivity contribution in [2.45, 2.75) is 13.2 Å². The number of fused-ring (bicyclic) bond motifs is 1. The number of rotatable bonds is 4. The van der Waals surface area contributed by atoms with Crippen LogP contribution in [0.5, 0.6) is 0 Å². The zero-order valence-corrected chi connectivity index (χ0v) is 10.8. The third-order valence-electron chi connectivity index (χ3n) is 3.10. The van der Waals surface area contributed by atoms with Crippen LogP contribution < -0.4 is 5.76 Å². The molecule has 7 nitrogen and oxygen atoms in total. The molecular formula is C14H11NO6. The Kier molecular flexibility index (Phi) is 3.11. The SMILES string of the molecule is O=C(O)c1ccc(Cn2c(=O)oc3cc(CO)ccc32)o1. The van der Waals surface area contributed by atoms with E-state index < -0.39 is 11.7 Å². The Balaban J connectivity index is 2.01. The molecule has 2 N–H and O–H groups in total. The fourth-order valence-electron chi connectivity index (χ4n) is 2.09. The summed E-state index contributed by atoms with van der Waals surface area (Å²) in [4.78, 5) is 22.6. The number of carboxylic acids is 1. The molecular weight excluding hydrogens is 278 g/mol. The van der Waals surface area contributed by atoms with Crippen LogP contribution in [0.3, 0.4) is 0 Å². The molecule has 0 unspecified atom stereocenters. The van der Waals surface area contributed by atoms with Gasteiger partial charge in [-0.05, 0) is 29.8 Å². The van der Waals surface area contributed by atoms with Gasteiger partial charge in [-0.15, -0.1) is 0 Å². The lowest BCUT2D eigenvalue weighted by molar-refractivity contribution is 0.0660. The number of aromatic nitrogens is 1. The first-order chi connectivity index (χ1) is 10.1. The predicted octanol–water partition coefficient (Wildman–Crippen LogP) is 1.43. The molecule has 0 fully saturated rings. The summed E-state index contributed by atoms with van der Waals surface area (Å²) < 4.78 is 11.6.